The maximum atomic E-state index is 2.21. The normalized spacial score (nSPS) is 10.8. The number of rotatable bonds is 3. The van der Waals surface area contributed by atoms with Crippen LogP contribution in [0.1, 0.15) is 16.7 Å². The zero-order valence-electron chi connectivity index (χ0n) is 9.56. The third-order valence-electron chi connectivity index (χ3n) is 2.58. The SMILES string of the molecule is Cc1ccc(/C=C/Cc2ccccc2)cc1. The minimum atomic E-state index is 0.995. The number of allylic oxidation sites excluding steroid dienone is 1. The summed E-state index contributed by atoms with van der Waals surface area (Å²) in [7, 11) is 0. The molecule has 0 saturated carbocycles. The Labute approximate surface area is 97.3 Å². The highest BCUT2D eigenvalue weighted by atomic mass is 13.9. The van der Waals surface area contributed by atoms with E-state index in [0.29, 0.717) is 0 Å². The molecule has 0 aliphatic rings. The molecular formula is C16H16. The second kappa shape index (κ2) is 5.32. The Morgan fingerprint density at radius 1 is 0.875 bits per heavy atom. The van der Waals surface area contributed by atoms with Crippen molar-refractivity contribution in [1.29, 1.82) is 0 Å². The summed E-state index contributed by atoms with van der Waals surface area (Å²) in [5, 5.41) is 0. The molecular weight excluding hydrogens is 192 g/mol. The second-order valence-corrected chi connectivity index (χ2v) is 4.00. The van der Waals surface area contributed by atoms with Crippen LogP contribution in [0, 0.1) is 6.92 Å². The van der Waals surface area contributed by atoms with Crippen LogP contribution in [0.15, 0.2) is 60.7 Å². The van der Waals surface area contributed by atoms with E-state index in [1.807, 2.05) is 6.07 Å². The number of benzene rings is 2. The molecule has 0 saturated heterocycles. The van der Waals surface area contributed by atoms with Gasteiger partial charge in [-0.3, -0.25) is 0 Å². The van der Waals surface area contributed by atoms with E-state index >= 15 is 0 Å². The number of hydrogen-bond acceptors (Lipinski definition) is 0. The molecule has 0 fully saturated rings. The molecule has 0 unspecified atom stereocenters. The molecule has 2 aromatic carbocycles. The minimum absolute atomic E-state index is 0.995. The average Bonchev–Trinajstić information content (AvgIpc) is 2.33. The van der Waals surface area contributed by atoms with Crippen LogP contribution in [-0.4, -0.2) is 0 Å². The maximum absolute atomic E-state index is 2.21. The summed E-state index contributed by atoms with van der Waals surface area (Å²) in [5.74, 6) is 0. The van der Waals surface area contributed by atoms with Crippen LogP contribution >= 0.6 is 0 Å². The molecule has 0 bridgehead atoms. The van der Waals surface area contributed by atoms with Gasteiger partial charge in [0.1, 0.15) is 0 Å². The molecule has 0 aliphatic carbocycles. The summed E-state index contributed by atoms with van der Waals surface area (Å²) in [4.78, 5) is 0. The van der Waals surface area contributed by atoms with Crippen molar-refractivity contribution in [3.05, 3.63) is 77.4 Å². The first-order valence-electron chi connectivity index (χ1n) is 5.62. The van der Waals surface area contributed by atoms with Crippen molar-refractivity contribution < 1.29 is 0 Å². The molecule has 0 atom stereocenters. The van der Waals surface area contributed by atoms with Gasteiger partial charge in [0.25, 0.3) is 0 Å². The van der Waals surface area contributed by atoms with Crippen molar-refractivity contribution in [2.45, 2.75) is 13.3 Å². The van der Waals surface area contributed by atoms with Gasteiger partial charge in [-0.25, -0.2) is 0 Å². The smallest absolute Gasteiger partial charge is 0.00941 e. The molecule has 0 heteroatoms. The van der Waals surface area contributed by atoms with Gasteiger partial charge >= 0.3 is 0 Å². The summed E-state index contributed by atoms with van der Waals surface area (Å²) in [6, 6.07) is 19.1. The molecule has 0 N–H and O–H groups in total. The van der Waals surface area contributed by atoms with E-state index in [0.717, 1.165) is 6.42 Å². The third kappa shape index (κ3) is 3.09. The quantitative estimate of drug-likeness (QED) is 0.707. The molecule has 0 aromatic heterocycles. The van der Waals surface area contributed by atoms with Crippen LogP contribution in [0.4, 0.5) is 0 Å². The van der Waals surface area contributed by atoms with Gasteiger partial charge in [-0.2, -0.15) is 0 Å². The second-order valence-electron chi connectivity index (χ2n) is 4.00. The van der Waals surface area contributed by atoms with Crippen LogP contribution in [0.3, 0.4) is 0 Å². The van der Waals surface area contributed by atoms with E-state index in [-0.39, 0.29) is 0 Å². The minimum Gasteiger partial charge on any atom is -0.0795 e. The molecule has 0 spiro atoms. The van der Waals surface area contributed by atoms with Crippen molar-refractivity contribution >= 4 is 6.08 Å². The average molecular weight is 208 g/mol. The van der Waals surface area contributed by atoms with Gasteiger partial charge in [0.2, 0.25) is 0 Å². The van der Waals surface area contributed by atoms with Crippen molar-refractivity contribution in [3.63, 3.8) is 0 Å². The summed E-state index contributed by atoms with van der Waals surface area (Å²) in [5.41, 5.74) is 3.92. The Balaban J connectivity index is 1.98. The Kier molecular flexibility index (Phi) is 3.55. The largest absolute Gasteiger partial charge is 0.0795 e. The number of hydrogen-bond donors (Lipinski definition) is 0. The van der Waals surface area contributed by atoms with Crippen molar-refractivity contribution in [3.8, 4) is 0 Å². The van der Waals surface area contributed by atoms with Crippen LogP contribution < -0.4 is 0 Å². The van der Waals surface area contributed by atoms with E-state index in [9.17, 15) is 0 Å². The Morgan fingerprint density at radius 3 is 2.25 bits per heavy atom. The van der Waals surface area contributed by atoms with Crippen molar-refractivity contribution in [2.75, 3.05) is 0 Å². The fourth-order valence-electron chi connectivity index (χ4n) is 1.62. The standard InChI is InChI=1S/C16H16/c1-14-10-12-16(13-11-14)9-5-8-15-6-3-2-4-7-15/h2-7,9-13H,8H2,1H3/b9-5+. The molecule has 0 nitrogen and oxygen atoms in total. The van der Waals surface area contributed by atoms with Gasteiger partial charge in [0, 0.05) is 0 Å². The molecule has 0 radical (unpaired) electrons. The highest BCUT2D eigenvalue weighted by molar-refractivity contribution is 5.50. The first kappa shape index (κ1) is 10.7. The Morgan fingerprint density at radius 2 is 1.56 bits per heavy atom. The lowest BCUT2D eigenvalue weighted by Gasteiger charge is -1.96. The molecule has 0 amide bonds. The Hall–Kier alpha value is -1.82. The lowest BCUT2D eigenvalue weighted by molar-refractivity contribution is 1.28. The topological polar surface area (TPSA) is 0 Å². The predicted octanol–water partition coefficient (Wildman–Crippen LogP) is 4.25. The fraction of sp³-hybridized carbons (Fsp3) is 0.125. The monoisotopic (exact) mass is 208 g/mol. The van der Waals surface area contributed by atoms with E-state index in [1.54, 1.807) is 0 Å². The van der Waals surface area contributed by atoms with E-state index in [2.05, 4.69) is 67.6 Å². The molecule has 2 aromatic rings. The third-order valence-corrected chi connectivity index (χ3v) is 2.58. The van der Waals surface area contributed by atoms with Crippen LogP contribution in [-0.2, 0) is 6.42 Å². The maximum Gasteiger partial charge on any atom is -0.00941 e. The highest BCUT2D eigenvalue weighted by Crippen LogP contribution is 2.07. The van der Waals surface area contributed by atoms with Gasteiger partial charge in [0.05, 0.1) is 0 Å². The van der Waals surface area contributed by atoms with Gasteiger partial charge in [-0.05, 0) is 24.5 Å². The number of aryl methyl sites for hydroxylation is 1. The van der Waals surface area contributed by atoms with E-state index in [1.165, 1.54) is 16.7 Å². The highest BCUT2D eigenvalue weighted by Gasteiger charge is 1.88. The van der Waals surface area contributed by atoms with Gasteiger partial charge in [-0.15, -0.1) is 0 Å². The zero-order chi connectivity index (χ0) is 11.2. The first-order valence-corrected chi connectivity index (χ1v) is 5.62. The summed E-state index contributed by atoms with van der Waals surface area (Å²) in [6.45, 7) is 2.11. The summed E-state index contributed by atoms with van der Waals surface area (Å²) in [6.07, 6.45) is 5.38. The van der Waals surface area contributed by atoms with Crippen LogP contribution in [0.25, 0.3) is 6.08 Å². The van der Waals surface area contributed by atoms with E-state index in [4.69, 9.17) is 0 Å². The molecule has 80 valence electrons. The van der Waals surface area contributed by atoms with Gasteiger partial charge < -0.3 is 0 Å². The molecule has 0 aliphatic heterocycles. The van der Waals surface area contributed by atoms with Crippen LogP contribution in [0.2, 0.25) is 0 Å². The molecule has 2 rings (SSSR count). The molecule has 16 heavy (non-hydrogen) atoms. The molecule has 0 heterocycles. The first-order chi connectivity index (χ1) is 7.84. The fourth-order valence-corrected chi connectivity index (χ4v) is 1.62. The lowest BCUT2D eigenvalue weighted by atomic mass is 10.1. The Bertz CT molecular complexity index is 449. The van der Waals surface area contributed by atoms with Crippen molar-refractivity contribution in [2.24, 2.45) is 0 Å². The summed E-state index contributed by atoms with van der Waals surface area (Å²) < 4.78 is 0. The van der Waals surface area contributed by atoms with E-state index < -0.39 is 0 Å². The van der Waals surface area contributed by atoms with Crippen molar-refractivity contribution in [1.82, 2.24) is 0 Å². The predicted molar refractivity (Wildman–Crippen MR) is 70.4 cm³/mol. The van der Waals surface area contributed by atoms with Gasteiger partial charge in [0.15, 0.2) is 0 Å². The lowest BCUT2D eigenvalue weighted by Crippen LogP contribution is -1.79. The van der Waals surface area contributed by atoms with Crippen LogP contribution in [0.5, 0.6) is 0 Å². The van der Waals surface area contributed by atoms with Gasteiger partial charge in [-0.1, -0.05) is 72.3 Å². The zero-order valence-corrected chi connectivity index (χ0v) is 9.56. The summed E-state index contributed by atoms with van der Waals surface area (Å²) >= 11 is 0.